The van der Waals surface area contributed by atoms with Crippen molar-refractivity contribution in [1.29, 1.82) is 0 Å². The van der Waals surface area contributed by atoms with E-state index in [4.69, 9.17) is 0 Å². The third kappa shape index (κ3) is 4.94. The van der Waals surface area contributed by atoms with E-state index in [2.05, 4.69) is 18.6 Å². The summed E-state index contributed by atoms with van der Waals surface area (Å²) in [7, 11) is 0. The van der Waals surface area contributed by atoms with Crippen molar-refractivity contribution >= 4 is 45.7 Å². The highest BCUT2D eigenvalue weighted by Crippen LogP contribution is 2.15. The average molecular weight is 421 g/mol. The summed E-state index contributed by atoms with van der Waals surface area (Å²) < 4.78 is 1.89. The van der Waals surface area contributed by atoms with E-state index in [-0.39, 0.29) is 28.9 Å². The summed E-state index contributed by atoms with van der Waals surface area (Å²) in [5, 5.41) is 10.6. The smallest absolute Gasteiger partial charge is 0.268 e. The highest BCUT2D eigenvalue weighted by atomic mass is 128. The van der Waals surface area contributed by atoms with Gasteiger partial charge in [-0.3, -0.25) is 10.1 Å². The summed E-state index contributed by atoms with van der Waals surface area (Å²) in [6.45, 7) is 1.59. The van der Waals surface area contributed by atoms with Crippen LogP contribution in [0.25, 0.3) is 0 Å². The van der Waals surface area contributed by atoms with E-state index in [0.717, 1.165) is 0 Å². The summed E-state index contributed by atoms with van der Waals surface area (Å²) in [4.78, 5) is 20.4. The zero-order valence-electron chi connectivity index (χ0n) is 7.44. The van der Waals surface area contributed by atoms with E-state index in [9.17, 15) is 14.9 Å². The van der Waals surface area contributed by atoms with Crippen LogP contribution in [0, 0.1) is 10.1 Å². The van der Waals surface area contributed by atoms with Crippen LogP contribution >= 0.6 is 35.4 Å². The van der Waals surface area contributed by atoms with Gasteiger partial charge in [-0.15, -0.1) is 0 Å². The average Bonchev–Trinajstić information content (AvgIpc) is 2.14. The third-order valence-electron chi connectivity index (χ3n) is 1.41. The van der Waals surface area contributed by atoms with Crippen LogP contribution in [0.3, 0.4) is 0 Å². The van der Waals surface area contributed by atoms with Gasteiger partial charge in [0.1, 0.15) is 6.29 Å². The molecule has 0 rings (SSSR count). The Bertz CT molecular complexity index is 308. The maximum absolute atomic E-state index is 10.6. The predicted octanol–water partition coefficient (Wildman–Crippen LogP) is 2.81. The van der Waals surface area contributed by atoms with Crippen molar-refractivity contribution in [2.24, 2.45) is 0 Å². The molecule has 0 aromatic rings. The molecule has 6 heteroatoms. The SMILES string of the molecule is C/C=C(\C(=C/C=II)CC=O)[N+](=O)[O-]. The van der Waals surface area contributed by atoms with Gasteiger partial charge >= 0.3 is 0 Å². The van der Waals surface area contributed by atoms with Crippen LogP contribution in [0.1, 0.15) is 13.3 Å². The Morgan fingerprint density at radius 3 is 2.64 bits per heavy atom. The number of halogens is 2. The fourth-order valence-electron chi connectivity index (χ4n) is 0.856. The highest BCUT2D eigenvalue weighted by Gasteiger charge is 2.14. The van der Waals surface area contributed by atoms with Crippen LogP contribution in [0.5, 0.6) is 0 Å². The number of hydrogen-bond donors (Lipinski definition) is 0. The molecule has 0 heterocycles. The minimum absolute atomic E-state index is 0.0159. The molecular weight excluding hydrogens is 412 g/mol. The minimum atomic E-state index is -0.464. The molecule has 0 unspecified atom stereocenters. The molecule has 0 fully saturated rings. The van der Waals surface area contributed by atoms with Gasteiger partial charge in [0.2, 0.25) is 0 Å². The van der Waals surface area contributed by atoms with Crippen LogP contribution in [-0.2, 0) is 4.79 Å². The first-order valence-electron chi connectivity index (χ1n) is 3.69. The lowest BCUT2D eigenvalue weighted by Crippen LogP contribution is -2.02. The molecule has 78 valence electrons. The van der Waals surface area contributed by atoms with Crippen molar-refractivity contribution in [3.63, 3.8) is 0 Å². The van der Waals surface area contributed by atoms with Gasteiger partial charge in [0.05, 0.1) is 4.92 Å². The van der Waals surface area contributed by atoms with Gasteiger partial charge in [-0.2, -0.15) is 0 Å². The second-order valence-electron chi connectivity index (χ2n) is 2.20. The van der Waals surface area contributed by atoms with Crippen molar-refractivity contribution in [3.05, 3.63) is 33.5 Å². The molecule has 0 N–H and O–H groups in total. The lowest BCUT2D eigenvalue weighted by atomic mass is 10.1. The first-order valence-corrected chi connectivity index (χ1v) is 11.2. The van der Waals surface area contributed by atoms with E-state index in [0.29, 0.717) is 11.9 Å². The summed E-state index contributed by atoms with van der Waals surface area (Å²) in [6, 6.07) is 0. The third-order valence-corrected chi connectivity index (χ3v) is 3.87. The molecule has 0 radical (unpaired) electrons. The molecular formula is C8H9I2NO3. The lowest BCUT2D eigenvalue weighted by Gasteiger charge is -1.98. The van der Waals surface area contributed by atoms with E-state index in [1.807, 2.05) is 4.01 Å². The summed E-state index contributed by atoms with van der Waals surface area (Å²) in [5.41, 5.74) is 0.492. The van der Waals surface area contributed by atoms with E-state index in [1.165, 1.54) is 6.08 Å². The Hall–Kier alpha value is -0.120. The maximum Gasteiger partial charge on any atom is 0.268 e. The second kappa shape index (κ2) is 8.21. The Kier molecular flexibility index (Phi) is 8.14. The fourth-order valence-corrected chi connectivity index (χ4v) is 2.34. The van der Waals surface area contributed by atoms with Gasteiger partial charge in [0.15, 0.2) is 0 Å². The Balaban J connectivity index is 4.97. The molecule has 14 heavy (non-hydrogen) atoms. The number of nitrogens with zero attached hydrogens (tertiary/aromatic N) is 1. The number of hydrogen-bond acceptors (Lipinski definition) is 3. The number of aldehydes is 1. The summed E-state index contributed by atoms with van der Waals surface area (Å²) >= 11 is 2.15. The van der Waals surface area contributed by atoms with Gasteiger partial charge in [0, 0.05) is 12.0 Å². The largest absolute Gasteiger partial charge is 0.303 e. The number of nitro groups is 1. The van der Waals surface area contributed by atoms with Gasteiger partial charge in [-0.05, 0) is 58.5 Å². The Morgan fingerprint density at radius 2 is 2.29 bits per heavy atom. The number of carbonyl (C=O) groups is 1. The fraction of sp³-hybridized carbons (Fsp3) is 0.250. The Labute approximate surface area is 102 Å². The van der Waals surface area contributed by atoms with Crippen molar-refractivity contribution < 1.29 is 9.72 Å². The molecule has 0 saturated heterocycles. The minimum Gasteiger partial charge on any atom is -0.303 e. The number of rotatable bonds is 5. The number of allylic oxidation sites excluding steroid dienone is 3. The quantitative estimate of drug-likeness (QED) is 0.226. The van der Waals surface area contributed by atoms with Crippen LogP contribution in [-0.4, -0.2) is 15.2 Å². The molecule has 0 aromatic carbocycles. The molecule has 4 nitrogen and oxygen atoms in total. The zero-order chi connectivity index (χ0) is 11.0. The van der Waals surface area contributed by atoms with Crippen molar-refractivity contribution in [2.45, 2.75) is 13.3 Å². The van der Waals surface area contributed by atoms with Gasteiger partial charge in [-0.1, -0.05) is 0 Å². The molecule has 0 aromatic heterocycles. The second-order valence-corrected chi connectivity index (χ2v) is 6.55. The van der Waals surface area contributed by atoms with Gasteiger partial charge in [0.25, 0.3) is 5.70 Å². The van der Waals surface area contributed by atoms with Crippen LogP contribution in [0.15, 0.2) is 23.4 Å². The first-order chi connectivity index (χ1) is 6.67. The molecule has 0 aliphatic rings. The van der Waals surface area contributed by atoms with E-state index >= 15 is 0 Å². The van der Waals surface area contributed by atoms with Crippen molar-refractivity contribution in [1.82, 2.24) is 0 Å². The first kappa shape index (κ1) is 13.9. The summed E-state index contributed by atoms with van der Waals surface area (Å²) in [5.74, 6) is 0. The van der Waals surface area contributed by atoms with Crippen molar-refractivity contribution in [3.8, 4) is 0 Å². The molecule has 0 amide bonds. The van der Waals surface area contributed by atoms with Crippen LogP contribution < -0.4 is 0 Å². The topological polar surface area (TPSA) is 60.2 Å². The molecule has 0 bridgehead atoms. The van der Waals surface area contributed by atoms with Crippen LogP contribution in [0.2, 0.25) is 0 Å². The normalized spacial score (nSPS) is 13.9. The highest BCUT2D eigenvalue weighted by molar-refractivity contribution is 15.0. The monoisotopic (exact) mass is 421 g/mol. The molecule has 0 atom stereocenters. The van der Waals surface area contributed by atoms with E-state index in [1.54, 1.807) is 13.0 Å². The number of carbonyl (C=O) groups excluding carboxylic acids is 1. The van der Waals surface area contributed by atoms with E-state index < -0.39 is 4.92 Å². The predicted molar refractivity (Wildman–Crippen MR) is 73.6 cm³/mol. The van der Waals surface area contributed by atoms with Gasteiger partial charge in [-0.25, -0.2) is 0 Å². The molecule has 0 spiro atoms. The summed E-state index contributed by atoms with van der Waals surface area (Å²) in [6.07, 6.45) is 3.86. The molecule has 0 aliphatic carbocycles. The molecule has 0 aliphatic heterocycles. The maximum atomic E-state index is 10.6. The van der Waals surface area contributed by atoms with Gasteiger partial charge < -0.3 is 4.79 Å². The van der Waals surface area contributed by atoms with Crippen molar-refractivity contribution in [2.75, 3.05) is 0 Å². The lowest BCUT2D eigenvalue weighted by molar-refractivity contribution is -0.421. The standard InChI is InChI=1S/C8H9I2NO3/c1-2-8(11(13)14)7(4-6-12)3-5-10-9/h2-3,5-6H,4H2,1H3/b7-3-,8-2+. The molecule has 0 saturated carbocycles. The van der Waals surface area contributed by atoms with Crippen LogP contribution in [0.4, 0.5) is 0 Å². The zero-order valence-corrected chi connectivity index (χ0v) is 11.8. The Morgan fingerprint density at radius 1 is 1.64 bits per heavy atom.